The van der Waals surface area contributed by atoms with Gasteiger partial charge >= 0.3 is 6.03 Å². The summed E-state index contributed by atoms with van der Waals surface area (Å²) in [6, 6.07) is 8.81. The predicted molar refractivity (Wildman–Crippen MR) is 117 cm³/mol. The van der Waals surface area contributed by atoms with Crippen LogP contribution in [0.2, 0.25) is 0 Å². The largest absolute Gasteiger partial charge is 0.495 e. The Labute approximate surface area is 179 Å². The first-order chi connectivity index (χ1) is 14.5. The van der Waals surface area contributed by atoms with Crippen LogP contribution in [-0.4, -0.2) is 42.9 Å². The molecule has 1 unspecified atom stereocenters. The Bertz CT molecular complexity index is 900. The Balaban J connectivity index is 1.61. The van der Waals surface area contributed by atoms with Crippen LogP contribution in [0.3, 0.4) is 0 Å². The highest BCUT2D eigenvalue weighted by atomic mass is 32.1. The highest BCUT2D eigenvalue weighted by molar-refractivity contribution is 7.09. The van der Waals surface area contributed by atoms with Crippen molar-refractivity contribution >= 4 is 40.6 Å². The van der Waals surface area contributed by atoms with E-state index in [1.165, 1.54) is 14.0 Å². The lowest BCUT2D eigenvalue weighted by Gasteiger charge is -2.32. The Kier molecular flexibility index (Phi) is 7.29. The maximum absolute atomic E-state index is 12.9. The third-order valence-electron chi connectivity index (χ3n) is 4.85. The number of piperidine rings is 1. The van der Waals surface area contributed by atoms with Crippen LogP contribution in [0.5, 0.6) is 5.75 Å². The number of nitrogens with zero attached hydrogens (tertiary/aromatic N) is 1. The fourth-order valence-corrected chi connectivity index (χ4v) is 4.03. The van der Waals surface area contributed by atoms with Gasteiger partial charge in [-0.15, -0.1) is 11.3 Å². The van der Waals surface area contributed by atoms with Crippen LogP contribution in [-0.2, 0) is 16.1 Å². The van der Waals surface area contributed by atoms with Crippen molar-refractivity contribution in [3.05, 3.63) is 40.6 Å². The van der Waals surface area contributed by atoms with Crippen LogP contribution in [0.4, 0.5) is 16.2 Å². The minimum Gasteiger partial charge on any atom is -0.495 e. The molecule has 1 fully saturated rings. The number of hydrogen-bond acceptors (Lipinski definition) is 5. The molecule has 1 saturated heterocycles. The Morgan fingerprint density at radius 3 is 2.77 bits per heavy atom. The molecule has 9 heteroatoms. The lowest BCUT2D eigenvalue weighted by molar-refractivity contribution is -0.121. The van der Waals surface area contributed by atoms with Crippen molar-refractivity contribution in [1.82, 2.24) is 10.2 Å². The van der Waals surface area contributed by atoms with Gasteiger partial charge in [0.2, 0.25) is 11.8 Å². The Morgan fingerprint density at radius 1 is 1.23 bits per heavy atom. The summed E-state index contributed by atoms with van der Waals surface area (Å²) in [5.74, 6) is -0.197. The smallest absolute Gasteiger partial charge is 0.317 e. The van der Waals surface area contributed by atoms with Gasteiger partial charge in [0, 0.05) is 30.6 Å². The topological polar surface area (TPSA) is 99.8 Å². The van der Waals surface area contributed by atoms with Crippen LogP contribution in [0.25, 0.3) is 0 Å². The maximum Gasteiger partial charge on any atom is 0.317 e. The van der Waals surface area contributed by atoms with E-state index in [2.05, 4.69) is 16.0 Å². The summed E-state index contributed by atoms with van der Waals surface area (Å²) in [7, 11) is 1.52. The van der Waals surface area contributed by atoms with Gasteiger partial charge in [0.15, 0.2) is 0 Å². The van der Waals surface area contributed by atoms with E-state index in [1.54, 1.807) is 34.4 Å². The number of rotatable bonds is 6. The molecule has 2 aromatic rings. The van der Waals surface area contributed by atoms with Crippen LogP contribution in [0, 0.1) is 5.92 Å². The average Bonchev–Trinajstić information content (AvgIpc) is 3.25. The lowest BCUT2D eigenvalue weighted by Crippen LogP contribution is -2.47. The quantitative estimate of drug-likeness (QED) is 0.655. The summed E-state index contributed by atoms with van der Waals surface area (Å²) in [5.41, 5.74) is 1.05. The van der Waals surface area contributed by atoms with E-state index in [-0.39, 0.29) is 23.8 Å². The van der Waals surface area contributed by atoms with E-state index in [9.17, 15) is 14.4 Å². The predicted octanol–water partition coefficient (Wildman–Crippen LogP) is 3.28. The van der Waals surface area contributed by atoms with E-state index in [4.69, 9.17) is 4.74 Å². The molecule has 0 bridgehead atoms. The molecule has 1 aliphatic rings. The standard InChI is InChI=1S/C21H26N4O4S/c1-14(26)23-16-7-8-19(29-2)18(11-16)24-20(27)15-5-3-9-25(13-15)21(28)22-12-17-6-4-10-30-17/h4,6-8,10-11,15H,3,5,9,12-13H2,1-2H3,(H,22,28)(H,23,26)(H,24,27). The Hall–Kier alpha value is -3.07. The molecule has 2 heterocycles. The van der Waals surface area contributed by atoms with Crippen molar-refractivity contribution in [2.75, 3.05) is 30.8 Å². The van der Waals surface area contributed by atoms with Crippen LogP contribution >= 0.6 is 11.3 Å². The molecule has 0 radical (unpaired) electrons. The van der Waals surface area contributed by atoms with Crippen molar-refractivity contribution in [2.45, 2.75) is 26.3 Å². The van der Waals surface area contributed by atoms with Crippen molar-refractivity contribution in [3.8, 4) is 5.75 Å². The number of likely N-dealkylation sites (tertiary alicyclic amines) is 1. The number of nitrogens with one attached hydrogen (secondary N) is 3. The van der Waals surface area contributed by atoms with Gasteiger partial charge in [-0.25, -0.2) is 4.79 Å². The average molecular weight is 431 g/mol. The molecule has 1 aromatic carbocycles. The van der Waals surface area contributed by atoms with Gasteiger partial charge < -0.3 is 25.6 Å². The van der Waals surface area contributed by atoms with Crippen molar-refractivity contribution < 1.29 is 19.1 Å². The molecule has 30 heavy (non-hydrogen) atoms. The van der Waals surface area contributed by atoms with E-state index < -0.39 is 0 Å². The first-order valence-corrected chi connectivity index (χ1v) is 10.7. The third-order valence-corrected chi connectivity index (χ3v) is 5.73. The molecule has 3 N–H and O–H groups in total. The number of thiophene rings is 1. The van der Waals surface area contributed by atoms with E-state index in [0.29, 0.717) is 43.2 Å². The van der Waals surface area contributed by atoms with Crippen molar-refractivity contribution in [1.29, 1.82) is 0 Å². The molecular weight excluding hydrogens is 404 g/mol. The molecule has 1 atom stereocenters. The molecule has 4 amide bonds. The highest BCUT2D eigenvalue weighted by Crippen LogP contribution is 2.29. The van der Waals surface area contributed by atoms with Crippen molar-refractivity contribution in [2.24, 2.45) is 5.92 Å². The zero-order chi connectivity index (χ0) is 21.5. The summed E-state index contributed by atoms with van der Waals surface area (Å²) in [4.78, 5) is 39.4. The van der Waals surface area contributed by atoms with E-state index >= 15 is 0 Å². The van der Waals surface area contributed by atoms with Gasteiger partial charge in [-0.2, -0.15) is 0 Å². The summed E-state index contributed by atoms with van der Waals surface area (Å²) in [5, 5.41) is 10.5. The fraction of sp³-hybridized carbons (Fsp3) is 0.381. The summed E-state index contributed by atoms with van der Waals surface area (Å²) >= 11 is 1.59. The number of urea groups is 1. The summed E-state index contributed by atoms with van der Waals surface area (Å²) < 4.78 is 5.32. The van der Waals surface area contributed by atoms with Gasteiger partial charge in [-0.3, -0.25) is 9.59 Å². The van der Waals surface area contributed by atoms with Crippen LogP contribution in [0.15, 0.2) is 35.7 Å². The molecule has 0 saturated carbocycles. The minimum absolute atomic E-state index is 0.161. The number of methoxy groups -OCH3 is 1. The molecule has 0 aliphatic carbocycles. The maximum atomic E-state index is 12.9. The van der Waals surface area contributed by atoms with Gasteiger partial charge in [0.25, 0.3) is 0 Å². The Morgan fingerprint density at radius 2 is 2.07 bits per heavy atom. The zero-order valence-electron chi connectivity index (χ0n) is 17.1. The summed E-state index contributed by atoms with van der Waals surface area (Å²) in [6.45, 7) is 2.89. The monoisotopic (exact) mass is 430 g/mol. The van der Waals surface area contributed by atoms with E-state index in [1.807, 2.05) is 17.5 Å². The van der Waals surface area contributed by atoms with Crippen molar-refractivity contribution in [3.63, 3.8) is 0 Å². The number of hydrogen-bond donors (Lipinski definition) is 3. The second-order valence-electron chi connectivity index (χ2n) is 7.11. The second kappa shape index (κ2) is 10.1. The second-order valence-corrected chi connectivity index (χ2v) is 8.14. The molecule has 3 rings (SSSR count). The van der Waals surface area contributed by atoms with E-state index in [0.717, 1.165) is 11.3 Å². The first kappa shape index (κ1) is 21.6. The fourth-order valence-electron chi connectivity index (χ4n) is 3.38. The minimum atomic E-state index is -0.319. The molecule has 1 aromatic heterocycles. The number of benzene rings is 1. The highest BCUT2D eigenvalue weighted by Gasteiger charge is 2.29. The van der Waals surface area contributed by atoms with Gasteiger partial charge in [0.1, 0.15) is 5.75 Å². The van der Waals surface area contributed by atoms with Gasteiger partial charge in [-0.1, -0.05) is 6.07 Å². The van der Waals surface area contributed by atoms with Gasteiger partial charge in [-0.05, 0) is 42.5 Å². The SMILES string of the molecule is COc1ccc(NC(C)=O)cc1NC(=O)C1CCCN(C(=O)NCc2cccs2)C1. The first-order valence-electron chi connectivity index (χ1n) is 9.78. The number of anilines is 2. The summed E-state index contributed by atoms with van der Waals surface area (Å²) in [6.07, 6.45) is 1.46. The number of carbonyl (C=O) groups is 3. The molecular formula is C21H26N4O4S. The molecule has 8 nitrogen and oxygen atoms in total. The number of ether oxygens (including phenoxy) is 1. The number of amides is 4. The molecule has 160 valence electrons. The number of carbonyl (C=O) groups excluding carboxylic acids is 3. The molecule has 0 spiro atoms. The lowest BCUT2D eigenvalue weighted by atomic mass is 9.97. The van der Waals surface area contributed by atoms with Crippen LogP contribution in [0.1, 0.15) is 24.6 Å². The third kappa shape index (κ3) is 5.73. The normalized spacial score (nSPS) is 15.9. The van der Waals surface area contributed by atoms with Crippen LogP contribution < -0.4 is 20.7 Å². The van der Waals surface area contributed by atoms with Gasteiger partial charge in [0.05, 0.1) is 25.3 Å². The molecule has 1 aliphatic heterocycles. The zero-order valence-corrected chi connectivity index (χ0v) is 17.9.